The summed E-state index contributed by atoms with van der Waals surface area (Å²) in [5.74, 6) is -0.537. The van der Waals surface area contributed by atoms with Gasteiger partial charge in [0.15, 0.2) is 0 Å². The molecule has 1 heterocycles. The summed E-state index contributed by atoms with van der Waals surface area (Å²) in [6.45, 7) is 4.01. The fraction of sp³-hybridized carbons (Fsp3) is 0.190. The molecule has 144 valence electrons. The predicted molar refractivity (Wildman–Crippen MR) is 110 cm³/mol. The molecule has 3 rings (SSSR count). The molecule has 7 heteroatoms. The highest BCUT2D eigenvalue weighted by Gasteiger charge is 2.08. The number of carbonyl (C=O) groups is 1. The van der Waals surface area contributed by atoms with E-state index < -0.39 is 0 Å². The van der Waals surface area contributed by atoms with E-state index in [9.17, 15) is 9.18 Å². The maximum atomic E-state index is 13.3. The number of hydrogen-bond acceptors (Lipinski definition) is 6. The average molecular weight is 397 g/mol. The molecule has 5 nitrogen and oxygen atoms in total. The molecular weight excluding hydrogens is 377 g/mol. The summed E-state index contributed by atoms with van der Waals surface area (Å²) >= 11 is 1.37. The van der Waals surface area contributed by atoms with Crippen molar-refractivity contribution < 1.29 is 13.9 Å². The third-order valence-electron chi connectivity index (χ3n) is 3.94. The van der Waals surface area contributed by atoms with Gasteiger partial charge in [0.2, 0.25) is 5.13 Å². The Bertz CT molecular complexity index is 1000. The molecule has 3 aromatic rings. The normalized spacial score (nSPS) is 11.0. The summed E-state index contributed by atoms with van der Waals surface area (Å²) in [4.78, 5) is 15.8. The van der Waals surface area contributed by atoms with Gasteiger partial charge in [-0.2, -0.15) is 5.10 Å². The van der Waals surface area contributed by atoms with E-state index in [1.54, 1.807) is 24.6 Å². The van der Waals surface area contributed by atoms with Crippen molar-refractivity contribution in [1.29, 1.82) is 0 Å². The number of halogens is 1. The van der Waals surface area contributed by atoms with E-state index in [0.29, 0.717) is 17.4 Å². The van der Waals surface area contributed by atoms with Gasteiger partial charge >= 0.3 is 5.97 Å². The second-order valence-corrected chi connectivity index (χ2v) is 6.94. The van der Waals surface area contributed by atoms with Crippen LogP contribution in [0.25, 0.3) is 11.1 Å². The van der Waals surface area contributed by atoms with E-state index >= 15 is 0 Å². The number of hydrazone groups is 1. The van der Waals surface area contributed by atoms with Crippen LogP contribution in [0.1, 0.15) is 23.7 Å². The summed E-state index contributed by atoms with van der Waals surface area (Å²) < 4.78 is 18.2. The topological polar surface area (TPSA) is 63.6 Å². The summed E-state index contributed by atoms with van der Waals surface area (Å²) in [6, 6.07) is 12.6. The van der Waals surface area contributed by atoms with Gasteiger partial charge in [0.1, 0.15) is 5.82 Å². The largest absolute Gasteiger partial charge is 0.466 e. The molecule has 1 aromatic heterocycles. The molecule has 0 unspecified atom stereocenters. The number of rotatable bonds is 7. The Morgan fingerprint density at radius 1 is 1.32 bits per heavy atom. The van der Waals surface area contributed by atoms with Crippen LogP contribution in [0.2, 0.25) is 0 Å². The Morgan fingerprint density at radius 3 is 2.96 bits per heavy atom. The van der Waals surface area contributed by atoms with Crippen LogP contribution in [0, 0.1) is 12.7 Å². The molecule has 0 saturated carbocycles. The van der Waals surface area contributed by atoms with Crippen molar-refractivity contribution in [3.05, 3.63) is 70.5 Å². The van der Waals surface area contributed by atoms with E-state index in [1.807, 2.05) is 31.2 Å². The highest BCUT2D eigenvalue weighted by Crippen LogP contribution is 2.24. The first kappa shape index (κ1) is 19.7. The standard InChI is InChI=1S/C21H20FN3O2S/c1-3-27-20(26)11-18-13-28-21(24-18)25-23-12-15-5-4-6-16(10-15)19-8-7-17(22)9-14(19)2/h4-10,12-13H,3,11H2,1-2H3,(H,24,25). The molecule has 0 bridgehead atoms. The quantitative estimate of drug-likeness (QED) is 0.353. The van der Waals surface area contributed by atoms with Crippen LogP contribution in [0.3, 0.4) is 0 Å². The molecule has 0 aliphatic carbocycles. The van der Waals surface area contributed by atoms with Crippen molar-refractivity contribution in [2.24, 2.45) is 5.10 Å². The maximum absolute atomic E-state index is 13.3. The predicted octanol–water partition coefficient (Wildman–Crippen LogP) is 4.81. The lowest BCUT2D eigenvalue weighted by Gasteiger charge is -2.07. The Balaban J connectivity index is 1.65. The number of nitrogens with zero attached hydrogens (tertiary/aromatic N) is 2. The van der Waals surface area contributed by atoms with E-state index in [1.165, 1.54) is 23.5 Å². The van der Waals surface area contributed by atoms with Gasteiger partial charge in [0.05, 0.1) is 24.9 Å². The fourth-order valence-corrected chi connectivity index (χ4v) is 3.36. The summed E-state index contributed by atoms with van der Waals surface area (Å²) in [7, 11) is 0. The third-order valence-corrected chi connectivity index (χ3v) is 4.74. The maximum Gasteiger partial charge on any atom is 0.311 e. The van der Waals surface area contributed by atoms with E-state index in [2.05, 4.69) is 15.5 Å². The molecule has 0 aliphatic rings. The number of carbonyl (C=O) groups excluding carboxylic acids is 1. The van der Waals surface area contributed by atoms with Crippen LogP contribution < -0.4 is 5.43 Å². The van der Waals surface area contributed by atoms with Crippen LogP contribution in [-0.2, 0) is 16.0 Å². The van der Waals surface area contributed by atoms with Crippen LogP contribution in [-0.4, -0.2) is 23.8 Å². The first-order chi connectivity index (χ1) is 13.5. The summed E-state index contributed by atoms with van der Waals surface area (Å²) in [5.41, 5.74) is 7.27. The molecule has 0 spiro atoms. The van der Waals surface area contributed by atoms with Crippen molar-refractivity contribution >= 4 is 28.7 Å². The summed E-state index contributed by atoms with van der Waals surface area (Å²) in [5, 5.41) is 6.61. The minimum atomic E-state index is -0.296. The lowest BCUT2D eigenvalue weighted by molar-refractivity contribution is -0.142. The number of anilines is 1. The highest BCUT2D eigenvalue weighted by molar-refractivity contribution is 7.13. The lowest BCUT2D eigenvalue weighted by atomic mass is 9.99. The first-order valence-electron chi connectivity index (χ1n) is 8.81. The fourth-order valence-electron chi connectivity index (χ4n) is 2.70. The van der Waals surface area contributed by atoms with Crippen molar-refractivity contribution in [1.82, 2.24) is 4.98 Å². The Morgan fingerprint density at radius 2 is 2.18 bits per heavy atom. The third kappa shape index (κ3) is 5.23. The number of esters is 1. The monoisotopic (exact) mass is 397 g/mol. The lowest BCUT2D eigenvalue weighted by Crippen LogP contribution is -2.07. The average Bonchev–Trinajstić information content (AvgIpc) is 3.09. The minimum Gasteiger partial charge on any atom is -0.466 e. The molecular formula is C21H20FN3O2S. The van der Waals surface area contributed by atoms with Crippen molar-refractivity contribution in [3.8, 4) is 11.1 Å². The first-order valence-corrected chi connectivity index (χ1v) is 9.69. The van der Waals surface area contributed by atoms with Crippen LogP contribution in [0.4, 0.5) is 9.52 Å². The van der Waals surface area contributed by atoms with Gasteiger partial charge in [-0.25, -0.2) is 9.37 Å². The Hall–Kier alpha value is -3.06. The number of hydrogen-bond donors (Lipinski definition) is 1. The SMILES string of the molecule is CCOC(=O)Cc1csc(NN=Cc2cccc(-c3ccc(F)cc3C)c2)n1. The van der Waals surface area contributed by atoms with Gasteiger partial charge < -0.3 is 4.74 Å². The Kier molecular flexibility index (Phi) is 6.49. The molecule has 1 N–H and O–H groups in total. The number of benzene rings is 2. The van der Waals surface area contributed by atoms with Crippen LogP contribution in [0.5, 0.6) is 0 Å². The van der Waals surface area contributed by atoms with Gasteiger partial charge in [0.25, 0.3) is 0 Å². The van der Waals surface area contributed by atoms with Crippen molar-refractivity contribution in [3.63, 3.8) is 0 Å². The number of aromatic nitrogens is 1. The van der Waals surface area contributed by atoms with Crippen LogP contribution >= 0.6 is 11.3 Å². The van der Waals surface area contributed by atoms with Gasteiger partial charge in [-0.05, 0) is 54.3 Å². The zero-order valence-corrected chi connectivity index (χ0v) is 16.4. The zero-order valence-electron chi connectivity index (χ0n) is 15.6. The molecule has 0 amide bonds. The minimum absolute atomic E-state index is 0.148. The molecule has 0 aliphatic heterocycles. The van der Waals surface area contributed by atoms with Crippen molar-refractivity contribution in [2.75, 3.05) is 12.0 Å². The second kappa shape index (κ2) is 9.23. The van der Waals surface area contributed by atoms with Gasteiger partial charge in [0, 0.05) is 5.38 Å². The number of nitrogens with one attached hydrogen (secondary N) is 1. The van der Waals surface area contributed by atoms with Crippen molar-refractivity contribution in [2.45, 2.75) is 20.3 Å². The smallest absolute Gasteiger partial charge is 0.311 e. The summed E-state index contributed by atoms with van der Waals surface area (Å²) in [6.07, 6.45) is 1.84. The number of ether oxygens (including phenoxy) is 1. The highest BCUT2D eigenvalue weighted by atomic mass is 32.1. The van der Waals surface area contributed by atoms with Gasteiger partial charge in [-0.3, -0.25) is 10.2 Å². The van der Waals surface area contributed by atoms with E-state index in [0.717, 1.165) is 22.3 Å². The molecule has 0 fully saturated rings. The second-order valence-electron chi connectivity index (χ2n) is 6.08. The Labute approximate surface area is 166 Å². The number of thiazole rings is 1. The van der Waals surface area contributed by atoms with E-state index in [4.69, 9.17) is 4.74 Å². The van der Waals surface area contributed by atoms with Crippen LogP contribution in [0.15, 0.2) is 52.9 Å². The molecule has 0 saturated heterocycles. The number of aryl methyl sites for hydroxylation is 1. The molecule has 2 aromatic carbocycles. The zero-order chi connectivity index (χ0) is 19.9. The molecule has 0 radical (unpaired) electrons. The molecule has 0 atom stereocenters. The van der Waals surface area contributed by atoms with Gasteiger partial charge in [-0.1, -0.05) is 24.3 Å². The van der Waals surface area contributed by atoms with E-state index in [-0.39, 0.29) is 18.2 Å². The molecule has 28 heavy (non-hydrogen) atoms. The van der Waals surface area contributed by atoms with Gasteiger partial charge in [-0.15, -0.1) is 11.3 Å².